The fraction of sp³-hybridized carbons (Fsp3) is 0.786. The second kappa shape index (κ2) is 5.27. The number of nitrogens with one attached hydrogen (secondary N) is 1. The molecule has 1 aromatic rings. The van der Waals surface area contributed by atoms with E-state index in [0.717, 1.165) is 19.6 Å². The summed E-state index contributed by atoms with van der Waals surface area (Å²) >= 11 is 1.68. The van der Waals surface area contributed by atoms with E-state index in [1.807, 2.05) is 5.51 Å². The van der Waals surface area contributed by atoms with E-state index in [1.165, 1.54) is 31.4 Å². The number of hydrogen-bond acceptors (Lipinski definition) is 4. The Morgan fingerprint density at radius 3 is 3.06 bits per heavy atom. The highest BCUT2D eigenvalue weighted by Crippen LogP contribution is 2.57. The zero-order chi connectivity index (χ0) is 12.4. The second-order valence-corrected chi connectivity index (χ2v) is 6.22. The molecule has 100 valence electrons. The molecule has 3 nitrogen and oxygen atoms in total. The fourth-order valence-electron chi connectivity index (χ4n) is 3.46. The van der Waals surface area contributed by atoms with Crippen molar-refractivity contribution in [1.82, 2.24) is 10.3 Å². The summed E-state index contributed by atoms with van der Waals surface area (Å²) in [5, 5.41) is 5.87. The average Bonchev–Trinajstić information content (AvgIpc) is 2.77. The Labute approximate surface area is 113 Å². The van der Waals surface area contributed by atoms with Crippen LogP contribution in [-0.2, 0) is 11.2 Å². The Bertz CT molecular complexity index is 375. The Morgan fingerprint density at radius 2 is 2.44 bits per heavy atom. The Morgan fingerprint density at radius 1 is 1.56 bits per heavy atom. The molecule has 1 N–H and O–H groups in total. The van der Waals surface area contributed by atoms with E-state index in [4.69, 9.17) is 4.74 Å². The molecule has 0 radical (unpaired) electrons. The lowest BCUT2D eigenvalue weighted by Gasteiger charge is -2.61. The molecule has 2 atom stereocenters. The molecule has 4 heteroatoms. The lowest BCUT2D eigenvalue weighted by Crippen LogP contribution is -2.67. The smallest absolute Gasteiger partial charge is 0.0794 e. The van der Waals surface area contributed by atoms with Crippen molar-refractivity contribution >= 4 is 11.3 Å². The zero-order valence-electron chi connectivity index (χ0n) is 11.0. The van der Waals surface area contributed by atoms with Crippen molar-refractivity contribution in [3.05, 3.63) is 16.6 Å². The number of thiazole rings is 1. The van der Waals surface area contributed by atoms with Crippen LogP contribution in [0.4, 0.5) is 0 Å². The van der Waals surface area contributed by atoms with Crippen LogP contribution >= 0.6 is 11.3 Å². The Hall–Kier alpha value is -0.450. The number of nitrogens with zero attached hydrogens (tertiary/aromatic N) is 1. The highest BCUT2D eigenvalue weighted by atomic mass is 32.1. The topological polar surface area (TPSA) is 34.1 Å². The molecule has 0 amide bonds. The van der Waals surface area contributed by atoms with Gasteiger partial charge < -0.3 is 10.1 Å². The molecule has 2 aliphatic carbocycles. The fourth-order valence-corrected chi connectivity index (χ4v) is 4.05. The zero-order valence-corrected chi connectivity index (χ0v) is 11.8. The van der Waals surface area contributed by atoms with Crippen molar-refractivity contribution in [2.45, 2.75) is 51.2 Å². The van der Waals surface area contributed by atoms with Crippen LogP contribution in [0.5, 0.6) is 0 Å². The van der Waals surface area contributed by atoms with Gasteiger partial charge in [0.2, 0.25) is 0 Å². The standard InChI is InChI=1S/C14H22N2OS/c1-2-17-13-8-12(14(13)5-3-6-14)15-7-4-11-9-18-10-16-11/h9-10,12-13,15H,2-8H2,1H3. The molecule has 2 unspecified atom stereocenters. The van der Waals surface area contributed by atoms with Gasteiger partial charge in [-0.05, 0) is 26.2 Å². The molecule has 0 saturated heterocycles. The number of ether oxygens (including phenoxy) is 1. The van der Waals surface area contributed by atoms with Crippen molar-refractivity contribution < 1.29 is 4.74 Å². The van der Waals surface area contributed by atoms with Gasteiger partial charge in [-0.3, -0.25) is 0 Å². The van der Waals surface area contributed by atoms with Crippen molar-refractivity contribution in [1.29, 1.82) is 0 Å². The third kappa shape index (κ3) is 2.10. The predicted molar refractivity (Wildman–Crippen MR) is 73.9 cm³/mol. The van der Waals surface area contributed by atoms with E-state index in [1.54, 1.807) is 11.3 Å². The second-order valence-electron chi connectivity index (χ2n) is 5.50. The van der Waals surface area contributed by atoms with Crippen LogP contribution in [0.2, 0.25) is 0 Å². The van der Waals surface area contributed by atoms with Gasteiger partial charge in [-0.15, -0.1) is 11.3 Å². The van der Waals surface area contributed by atoms with E-state index in [0.29, 0.717) is 17.6 Å². The van der Waals surface area contributed by atoms with Crippen LogP contribution in [0.3, 0.4) is 0 Å². The van der Waals surface area contributed by atoms with Crippen LogP contribution in [0.15, 0.2) is 10.9 Å². The highest BCUT2D eigenvalue weighted by molar-refractivity contribution is 7.07. The molecule has 0 aromatic carbocycles. The number of rotatable bonds is 6. The maximum Gasteiger partial charge on any atom is 0.0794 e. The lowest BCUT2D eigenvalue weighted by atomic mass is 9.51. The third-order valence-corrected chi connectivity index (χ3v) is 5.33. The minimum Gasteiger partial charge on any atom is -0.378 e. The first-order valence-electron chi connectivity index (χ1n) is 7.07. The first-order valence-corrected chi connectivity index (χ1v) is 8.01. The maximum atomic E-state index is 5.87. The summed E-state index contributed by atoms with van der Waals surface area (Å²) < 4.78 is 5.87. The van der Waals surface area contributed by atoms with E-state index in [2.05, 4.69) is 22.6 Å². The minimum atomic E-state index is 0.484. The van der Waals surface area contributed by atoms with Crippen molar-refractivity contribution in [2.75, 3.05) is 13.2 Å². The summed E-state index contributed by atoms with van der Waals surface area (Å²) in [7, 11) is 0. The summed E-state index contributed by atoms with van der Waals surface area (Å²) in [4.78, 5) is 4.33. The first-order chi connectivity index (χ1) is 8.85. The van der Waals surface area contributed by atoms with Gasteiger partial charge >= 0.3 is 0 Å². The van der Waals surface area contributed by atoms with Gasteiger partial charge in [-0.2, -0.15) is 0 Å². The van der Waals surface area contributed by atoms with E-state index >= 15 is 0 Å². The summed E-state index contributed by atoms with van der Waals surface area (Å²) in [6.07, 6.45) is 6.86. The van der Waals surface area contributed by atoms with Crippen LogP contribution < -0.4 is 5.32 Å². The van der Waals surface area contributed by atoms with Crippen LogP contribution in [0.25, 0.3) is 0 Å². The molecule has 2 aliphatic rings. The SMILES string of the molecule is CCOC1CC(NCCc2cscn2)C12CCC2. The number of aromatic nitrogens is 1. The molecule has 1 aromatic heterocycles. The highest BCUT2D eigenvalue weighted by Gasteiger charge is 2.58. The van der Waals surface area contributed by atoms with Gasteiger partial charge in [0.05, 0.1) is 17.3 Å². The molecule has 2 saturated carbocycles. The van der Waals surface area contributed by atoms with Gasteiger partial charge in [0.15, 0.2) is 0 Å². The first kappa shape index (κ1) is 12.6. The third-order valence-electron chi connectivity index (χ3n) is 4.69. The van der Waals surface area contributed by atoms with E-state index < -0.39 is 0 Å². The van der Waals surface area contributed by atoms with Crippen molar-refractivity contribution in [2.24, 2.45) is 5.41 Å². The van der Waals surface area contributed by atoms with E-state index in [-0.39, 0.29) is 0 Å². The minimum absolute atomic E-state index is 0.484. The molecule has 1 heterocycles. The predicted octanol–water partition coefficient (Wildman–Crippen LogP) is 2.62. The van der Waals surface area contributed by atoms with Gasteiger partial charge in [0.1, 0.15) is 0 Å². The van der Waals surface area contributed by atoms with Crippen LogP contribution in [0, 0.1) is 5.41 Å². The summed E-state index contributed by atoms with van der Waals surface area (Å²) in [6.45, 7) is 4.02. The van der Waals surface area contributed by atoms with Crippen molar-refractivity contribution in [3.63, 3.8) is 0 Å². The quantitative estimate of drug-likeness (QED) is 0.859. The van der Waals surface area contributed by atoms with E-state index in [9.17, 15) is 0 Å². The van der Waals surface area contributed by atoms with Gasteiger partial charge in [-0.25, -0.2) is 4.98 Å². The Balaban J connectivity index is 1.46. The van der Waals surface area contributed by atoms with Gasteiger partial charge in [-0.1, -0.05) is 6.42 Å². The summed E-state index contributed by atoms with van der Waals surface area (Å²) in [5.74, 6) is 0. The van der Waals surface area contributed by atoms with Crippen LogP contribution in [0.1, 0.15) is 38.3 Å². The molecule has 18 heavy (non-hydrogen) atoms. The molecule has 1 spiro atoms. The molecule has 0 aliphatic heterocycles. The molecule has 2 fully saturated rings. The normalized spacial score (nSPS) is 28.9. The van der Waals surface area contributed by atoms with Crippen molar-refractivity contribution in [3.8, 4) is 0 Å². The lowest BCUT2D eigenvalue weighted by molar-refractivity contribution is -0.172. The Kier molecular flexibility index (Phi) is 3.68. The molecule has 0 bridgehead atoms. The summed E-state index contributed by atoms with van der Waals surface area (Å²) in [5.41, 5.74) is 3.62. The maximum absolute atomic E-state index is 5.87. The van der Waals surface area contributed by atoms with Gasteiger partial charge in [0, 0.05) is 36.4 Å². The molecular formula is C14H22N2OS. The summed E-state index contributed by atoms with van der Waals surface area (Å²) in [6, 6.07) is 0.682. The average molecular weight is 266 g/mol. The monoisotopic (exact) mass is 266 g/mol. The van der Waals surface area contributed by atoms with Gasteiger partial charge in [0.25, 0.3) is 0 Å². The van der Waals surface area contributed by atoms with Crippen LogP contribution in [-0.4, -0.2) is 30.3 Å². The number of hydrogen-bond donors (Lipinski definition) is 1. The molecule has 3 rings (SSSR count). The molecular weight excluding hydrogens is 244 g/mol. The largest absolute Gasteiger partial charge is 0.378 e.